The number of hydrogen-bond acceptors (Lipinski definition) is 2. The van der Waals surface area contributed by atoms with E-state index < -0.39 is 5.97 Å². The van der Waals surface area contributed by atoms with Crippen molar-refractivity contribution in [2.24, 2.45) is 0 Å². The third kappa shape index (κ3) is 2.26. The van der Waals surface area contributed by atoms with Gasteiger partial charge in [-0.15, -0.1) is 6.42 Å². The van der Waals surface area contributed by atoms with Crippen molar-refractivity contribution in [2.45, 2.75) is 0 Å². The lowest BCUT2D eigenvalue weighted by molar-refractivity contribution is 0.0600. The summed E-state index contributed by atoms with van der Waals surface area (Å²) >= 11 is 0. The van der Waals surface area contributed by atoms with Crippen LogP contribution in [0.5, 0.6) is 0 Å². The number of hydrogen-bond donors (Lipinski definition) is 0. The van der Waals surface area contributed by atoms with E-state index in [0.29, 0.717) is 11.1 Å². The van der Waals surface area contributed by atoms with Gasteiger partial charge < -0.3 is 4.74 Å². The van der Waals surface area contributed by atoms with Crippen LogP contribution in [0.4, 0.5) is 0 Å². The highest BCUT2D eigenvalue weighted by molar-refractivity contribution is 5.92. The van der Waals surface area contributed by atoms with Crippen molar-refractivity contribution in [3.63, 3.8) is 0 Å². The van der Waals surface area contributed by atoms with Crippen LogP contribution in [-0.4, -0.2) is 13.1 Å². The molecule has 0 aromatic heterocycles. The monoisotopic (exact) mass is 236 g/mol. The highest BCUT2D eigenvalue weighted by Gasteiger charge is 2.08. The van der Waals surface area contributed by atoms with Gasteiger partial charge in [-0.3, -0.25) is 0 Å². The van der Waals surface area contributed by atoms with E-state index in [9.17, 15) is 4.79 Å². The third-order valence-corrected chi connectivity index (χ3v) is 2.71. The largest absolute Gasteiger partial charge is 0.465 e. The van der Waals surface area contributed by atoms with Crippen LogP contribution in [0.25, 0.3) is 11.1 Å². The second-order valence-electron chi connectivity index (χ2n) is 3.76. The highest BCUT2D eigenvalue weighted by Crippen LogP contribution is 2.29. The van der Waals surface area contributed by atoms with Gasteiger partial charge in [0.1, 0.15) is 0 Å². The lowest BCUT2D eigenvalue weighted by Crippen LogP contribution is -2.03. The van der Waals surface area contributed by atoms with Crippen molar-refractivity contribution in [1.29, 1.82) is 0 Å². The van der Waals surface area contributed by atoms with Crippen LogP contribution in [0.15, 0.2) is 48.5 Å². The van der Waals surface area contributed by atoms with Crippen LogP contribution in [-0.2, 0) is 4.74 Å². The molecule has 1 aromatic carbocycles. The Balaban J connectivity index is 0.000000164. The van der Waals surface area contributed by atoms with Crippen LogP contribution >= 0.6 is 0 Å². The lowest BCUT2D eigenvalue weighted by atomic mass is 9.95. The maximum atomic E-state index is 11.1. The first-order valence-corrected chi connectivity index (χ1v) is 5.50. The highest BCUT2D eigenvalue weighted by atomic mass is 16.5. The van der Waals surface area contributed by atoms with Gasteiger partial charge in [-0.05, 0) is 23.3 Å². The van der Waals surface area contributed by atoms with E-state index in [2.05, 4.69) is 34.9 Å². The second kappa shape index (κ2) is 5.20. The van der Waals surface area contributed by atoms with Crippen molar-refractivity contribution in [3.05, 3.63) is 59.7 Å². The zero-order valence-corrected chi connectivity index (χ0v) is 10.0. The SMILES string of the molecule is C#Cc1ccccc1C(=O)OC.c1cc2ccc1-2. The molecule has 2 heteroatoms. The number of fused-ring (bicyclic) bond motifs is 1. The summed E-state index contributed by atoms with van der Waals surface area (Å²) in [5, 5.41) is 0. The third-order valence-electron chi connectivity index (χ3n) is 2.71. The standard InChI is InChI=1S/C10H8O2.C6H4/c1-3-8-6-4-5-7-9(8)10(11)12-2;1-2-6-4-3-5(1)6/h1,4-7H,2H3;1-4H. The van der Waals surface area contributed by atoms with Gasteiger partial charge in [0.2, 0.25) is 0 Å². The van der Waals surface area contributed by atoms with Gasteiger partial charge in [0.05, 0.1) is 12.7 Å². The first-order valence-electron chi connectivity index (χ1n) is 5.50. The number of carbonyl (C=O) groups is 1. The molecular weight excluding hydrogens is 224 g/mol. The number of ether oxygens (including phenoxy) is 1. The van der Waals surface area contributed by atoms with Crippen LogP contribution in [0.1, 0.15) is 15.9 Å². The number of rotatable bonds is 1. The normalized spacial score (nSPS) is 9.56. The van der Waals surface area contributed by atoms with Crippen LogP contribution in [0, 0.1) is 12.3 Å². The maximum Gasteiger partial charge on any atom is 0.339 e. The summed E-state index contributed by atoms with van der Waals surface area (Å²) in [5.74, 6) is 2.01. The Hall–Kier alpha value is -2.53. The van der Waals surface area contributed by atoms with Crippen molar-refractivity contribution in [2.75, 3.05) is 7.11 Å². The fourth-order valence-electron chi connectivity index (χ4n) is 1.56. The summed E-state index contributed by atoms with van der Waals surface area (Å²) in [6, 6.07) is 15.3. The number of terminal acetylenes is 1. The fraction of sp³-hybridized carbons (Fsp3) is 0.0625. The molecule has 0 saturated carbocycles. The summed E-state index contributed by atoms with van der Waals surface area (Å²) in [7, 11) is 1.33. The minimum absolute atomic E-state index is 0.399. The number of methoxy groups -OCH3 is 1. The molecule has 0 bridgehead atoms. The molecular formula is C16H12O2. The summed E-state index contributed by atoms with van der Waals surface area (Å²) < 4.78 is 4.54. The number of carbonyl (C=O) groups excluding carboxylic acids is 1. The molecule has 0 amide bonds. The molecule has 0 saturated heterocycles. The molecule has 0 aliphatic heterocycles. The Labute approximate surface area is 106 Å². The van der Waals surface area contributed by atoms with E-state index in [0.717, 1.165) is 0 Å². The summed E-state index contributed by atoms with van der Waals surface area (Å²) in [6.07, 6.45) is 5.19. The molecule has 2 nitrogen and oxygen atoms in total. The number of esters is 1. The van der Waals surface area contributed by atoms with Gasteiger partial charge in [-0.2, -0.15) is 0 Å². The summed E-state index contributed by atoms with van der Waals surface area (Å²) in [6.45, 7) is 0. The zero-order valence-electron chi connectivity index (χ0n) is 10.0. The molecule has 18 heavy (non-hydrogen) atoms. The first-order chi connectivity index (χ1) is 8.76. The van der Waals surface area contributed by atoms with Crippen molar-refractivity contribution in [3.8, 4) is 23.5 Å². The van der Waals surface area contributed by atoms with Gasteiger partial charge in [0.15, 0.2) is 0 Å². The van der Waals surface area contributed by atoms with Crippen LogP contribution in [0.2, 0.25) is 0 Å². The van der Waals surface area contributed by atoms with Gasteiger partial charge in [0, 0.05) is 5.56 Å². The van der Waals surface area contributed by atoms with Crippen molar-refractivity contribution < 1.29 is 9.53 Å². The van der Waals surface area contributed by atoms with Gasteiger partial charge >= 0.3 is 5.97 Å². The molecule has 0 spiro atoms. The topological polar surface area (TPSA) is 26.3 Å². The zero-order chi connectivity index (χ0) is 13.0. The molecule has 2 aliphatic rings. The predicted octanol–water partition coefficient (Wildman–Crippen LogP) is 3.12. The Morgan fingerprint density at radius 1 is 1.06 bits per heavy atom. The smallest absolute Gasteiger partial charge is 0.339 e. The molecule has 0 N–H and O–H groups in total. The van der Waals surface area contributed by atoms with Crippen molar-refractivity contribution >= 4 is 5.97 Å². The maximum absolute atomic E-state index is 11.1. The van der Waals surface area contributed by atoms with Crippen LogP contribution in [0.3, 0.4) is 0 Å². The van der Waals surface area contributed by atoms with E-state index in [1.165, 1.54) is 18.2 Å². The minimum atomic E-state index is -0.399. The molecule has 0 fully saturated rings. The van der Waals surface area contributed by atoms with Gasteiger partial charge in [0.25, 0.3) is 0 Å². The first kappa shape index (κ1) is 11.9. The van der Waals surface area contributed by atoms with Gasteiger partial charge in [-0.1, -0.05) is 42.3 Å². The van der Waals surface area contributed by atoms with E-state index in [4.69, 9.17) is 6.42 Å². The van der Waals surface area contributed by atoms with Gasteiger partial charge in [-0.25, -0.2) is 4.79 Å². The second-order valence-corrected chi connectivity index (χ2v) is 3.76. The molecule has 88 valence electrons. The number of benzene rings is 2. The molecule has 0 radical (unpaired) electrons. The quantitative estimate of drug-likeness (QED) is 0.479. The van der Waals surface area contributed by atoms with E-state index in [1.807, 2.05) is 0 Å². The molecule has 0 unspecified atom stereocenters. The van der Waals surface area contributed by atoms with E-state index in [-0.39, 0.29) is 0 Å². The molecule has 0 atom stereocenters. The van der Waals surface area contributed by atoms with E-state index in [1.54, 1.807) is 24.3 Å². The minimum Gasteiger partial charge on any atom is -0.465 e. The summed E-state index contributed by atoms with van der Waals surface area (Å²) in [4.78, 5) is 11.1. The van der Waals surface area contributed by atoms with E-state index >= 15 is 0 Å². The molecule has 3 rings (SSSR count). The summed E-state index contributed by atoms with van der Waals surface area (Å²) in [5.41, 5.74) is 3.84. The lowest BCUT2D eigenvalue weighted by Gasteiger charge is -2.10. The van der Waals surface area contributed by atoms with Crippen molar-refractivity contribution in [1.82, 2.24) is 0 Å². The Kier molecular flexibility index (Phi) is 3.45. The predicted molar refractivity (Wildman–Crippen MR) is 71.2 cm³/mol. The Morgan fingerprint density at radius 2 is 1.61 bits per heavy atom. The average molecular weight is 236 g/mol. The average Bonchev–Trinajstić information content (AvgIpc) is 2.42. The fourth-order valence-corrected chi connectivity index (χ4v) is 1.56. The Morgan fingerprint density at radius 3 is 2.00 bits per heavy atom. The Bertz CT molecular complexity index is 583. The molecule has 1 aromatic rings. The molecule has 0 heterocycles. The molecule has 2 aliphatic carbocycles. The van der Waals surface area contributed by atoms with Crippen LogP contribution < -0.4 is 0 Å².